The van der Waals surface area contributed by atoms with Crippen LogP contribution in [-0.2, 0) is 31.6 Å². The number of anilines is 1. The quantitative estimate of drug-likeness (QED) is 0.529. The van der Waals surface area contributed by atoms with Crippen LogP contribution < -0.4 is 16.0 Å². The summed E-state index contributed by atoms with van der Waals surface area (Å²) in [5.74, 6) is 4.63. The summed E-state index contributed by atoms with van der Waals surface area (Å²) >= 11 is 0. The molecule has 0 bridgehead atoms. The minimum atomic E-state index is -3.63. The average Bonchev–Trinajstić information content (AvgIpc) is 2.18. The average molecular weight is 288 g/mol. The van der Waals surface area contributed by atoms with Crippen LogP contribution in [0.15, 0.2) is 29.2 Å². The van der Waals surface area contributed by atoms with Crippen LogP contribution in [0.1, 0.15) is 6.92 Å². The van der Waals surface area contributed by atoms with Gasteiger partial charge >= 0.3 is 0 Å². The van der Waals surface area contributed by atoms with Crippen molar-refractivity contribution in [3.8, 4) is 0 Å². The Morgan fingerprint density at radius 1 is 1.25 bits per heavy atom. The van der Waals surface area contributed by atoms with E-state index >= 15 is 0 Å². The van der Waals surface area contributed by atoms with Gasteiger partial charge in [-0.2, -0.15) is 4.83 Å². The van der Waals surface area contributed by atoms with Gasteiger partial charge in [0.1, 0.15) is 0 Å². The number of sulfonamides is 1. The topological polar surface area (TPSA) is 101 Å². The van der Waals surface area contributed by atoms with E-state index in [0.717, 1.165) is 0 Å². The summed E-state index contributed by atoms with van der Waals surface area (Å²) < 4.78 is 22.4. The van der Waals surface area contributed by atoms with Crippen molar-refractivity contribution in [3.05, 3.63) is 24.3 Å². The van der Waals surface area contributed by atoms with Gasteiger partial charge < -0.3 is 5.32 Å². The third-order valence-corrected chi connectivity index (χ3v) is 2.84. The predicted octanol–water partition coefficient (Wildman–Crippen LogP) is -0.206. The van der Waals surface area contributed by atoms with Gasteiger partial charge in [-0.05, 0) is 24.3 Å². The Hall–Kier alpha value is -0.934. The largest absolute Gasteiger partial charge is 0.326 e. The molecule has 1 amide bonds. The number of carbonyl (C=O) groups excluding carboxylic acids is 1. The van der Waals surface area contributed by atoms with E-state index in [-0.39, 0.29) is 27.6 Å². The van der Waals surface area contributed by atoms with Gasteiger partial charge in [-0.15, -0.1) is 0 Å². The fourth-order valence-electron chi connectivity index (χ4n) is 0.989. The number of hydrogen-bond donors (Lipinski definition) is 3. The van der Waals surface area contributed by atoms with E-state index in [1.165, 1.54) is 31.2 Å². The molecule has 8 heteroatoms. The molecule has 6 nitrogen and oxygen atoms in total. The zero-order valence-corrected chi connectivity index (χ0v) is 10.2. The van der Waals surface area contributed by atoms with Crippen molar-refractivity contribution in [2.24, 2.45) is 5.84 Å². The maximum absolute atomic E-state index is 11.2. The normalized spacial score (nSPS) is 10.4. The van der Waals surface area contributed by atoms with Crippen molar-refractivity contribution in [2.45, 2.75) is 11.8 Å². The molecule has 16 heavy (non-hydrogen) atoms. The van der Waals surface area contributed by atoms with Crippen molar-refractivity contribution in [2.75, 3.05) is 5.32 Å². The van der Waals surface area contributed by atoms with Crippen molar-refractivity contribution in [1.82, 2.24) is 4.83 Å². The van der Waals surface area contributed by atoms with Crippen LogP contribution in [0, 0.1) is 0 Å². The fraction of sp³-hybridized carbons (Fsp3) is 0.125. The monoisotopic (exact) mass is 288 g/mol. The molecule has 0 aromatic heterocycles. The summed E-state index contributed by atoms with van der Waals surface area (Å²) in [6.45, 7) is 1.37. The molecule has 0 fully saturated rings. The maximum Gasteiger partial charge on any atom is 0.253 e. The van der Waals surface area contributed by atoms with Gasteiger partial charge in [0.25, 0.3) is 10.0 Å². The van der Waals surface area contributed by atoms with Gasteiger partial charge in [-0.1, -0.05) is 0 Å². The molecule has 0 heterocycles. The van der Waals surface area contributed by atoms with Crippen molar-refractivity contribution in [1.29, 1.82) is 0 Å². The van der Waals surface area contributed by atoms with Gasteiger partial charge in [0.15, 0.2) is 0 Å². The van der Waals surface area contributed by atoms with Gasteiger partial charge in [0.05, 0.1) is 4.90 Å². The van der Waals surface area contributed by atoms with E-state index < -0.39 is 10.0 Å². The van der Waals surface area contributed by atoms with Crippen LogP contribution in [0.2, 0.25) is 0 Å². The second kappa shape index (κ2) is 5.96. The minimum Gasteiger partial charge on any atom is -0.326 e. The van der Waals surface area contributed by atoms with Crippen LogP contribution in [0.3, 0.4) is 0 Å². The third kappa shape index (κ3) is 3.91. The Kier molecular flexibility index (Phi) is 5.62. The molecule has 0 aliphatic rings. The zero-order chi connectivity index (χ0) is 11.5. The number of nitrogens with two attached hydrogens (primary N) is 1. The Balaban J connectivity index is 0.00000225. The molecule has 0 unspecified atom stereocenters. The number of hydrazine groups is 1. The van der Waals surface area contributed by atoms with Crippen LogP contribution >= 0.6 is 0 Å². The number of hydrogen-bond acceptors (Lipinski definition) is 4. The first-order chi connectivity index (χ1) is 6.95. The summed E-state index contributed by atoms with van der Waals surface area (Å²) in [5, 5.41) is 2.52. The molecule has 1 aromatic rings. The standard InChI is InChI=1S/C8H11N3O3S.Co/c1-6(12)10-7-2-4-8(5-3-7)15(13,14)11-9;/h2-5,11H,9H2,1H3,(H,10,12);. The molecule has 0 saturated carbocycles. The Bertz CT molecular complexity index is 458. The Morgan fingerprint density at radius 3 is 2.12 bits per heavy atom. The maximum atomic E-state index is 11.2. The molecule has 0 spiro atoms. The summed E-state index contributed by atoms with van der Waals surface area (Å²) in [5.41, 5.74) is 0.526. The second-order valence-electron chi connectivity index (χ2n) is 2.83. The van der Waals surface area contributed by atoms with Gasteiger partial charge in [0.2, 0.25) is 5.91 Å². The summed E-state index contributed by atoms with van der Waals surface area (Å²) in [4.78, 5) is 12.4. The smallest absolute Gasteiger partial charge is 0.253 e. The fourth-order valence-corrected chi connectivity index (χ4v) is 1.62. The number of amides is 1. The minimum absolute atomic E-state index is 0. The van der Waals surface area contributed by atoms with Crippen molar-refractivity contribution in [3.63, 3.8) is 0 Å². The van der Waals surface area contributed by atoms with Crippen LogP contribution in [0.4, 0.5) is 5.69 Å². The molecule has 4 N–H and O–H groups in total. The molecule has 0 atom stereocenters. The van der Waals surface area contributed by atoms with E-state index in [4.69, 9.17) is 5.84 Å². The summed E-state index contributed by atoms with van der Waals surface area (Å²) in [6.07, 6.45) is 0. The van der Waals surface area contributed by atoms with Crippen molar-refractivity contribution < 1.29 is 30.0 Å². The molecule has 91 valence electrons. The summed E-state index contributed by atoms with van der Waals surface area (Å²) in [6, 6.07) is 5.65. The summed E-state index contributed by atoms with van der Waals surface area (Å²) in [7, 11) is -3.63. The predicted molar refractivity (Wildman–Crippen MR) is 55.3 cm³/mol. The molecule has 1 aromatic carbocycles. The third-order valence-electron chi connectivity index (χ3n) is 1.64. The number of carbonyl (C=O) groups is 1. The zero-order valence-electron chi connectivity index (χ0n) is 8.35. The van der Waals surface area contributed by atoms with E-state index in [1.807, 2.05) is 0 Å². The first-order valence-corrected chi connectivity index (χ1v) is 5.54. The molecule has 0 aliphatic carbocycles. The van der Waals surface area contributed by atoms with E-state index in [1.54, 1.807) is 4.83 Å². The first-order valence-electron chi connectivity index (χ1n) is 4.06. The van der Waals surface area contributed by atoms with Gasteiger partial charge in [0, 0.05) is 29.4 Å². The second-order valence-corrected chi connectivity index (χ2v) is 4.54. The molecule has 0 saturated heterocycles. The molecule has 1 radical (unpaired) electrons. The molecule has 1 rings (SSSR count). The number of rotatable bonds is 3. The molecular weight excluding hydrogens is 277 g/mol. The Morgan fingerprint density at radius 2 is 1.75 bits per heavy atom. The van der Waals surface area contributed by atoms with Crippen LogP contribution in [0.5, 0.6) is 0 Å². The van der Waals surface area contributed by atoms with Gasteiger partial charge in [-0.3, -0.25) is 10.6 Å². The van der Waals surface area contributed by atoms with E-state index in [0.29, 0.717) is 5.69 Å². The van der Waals surface area contributed by atoms with E-state index in [2.05, 4.69) is 5.32 Å². The van der Waals surface area contributed by atoms with Crippen LogP contribution in [-0.4, -0.2) is 14.3 Å². The number of nitrogens with one attached hydrogen (secondary N) is 2. The van der Waals surface area contributed by atoms with Crippen molar-refractivity contribution >= 4 is 21.6 Å². The first kappa shape index (κ1) is 15.1. The number of benzene rings is 1. The molecular formula is C8H11CoN3O3S. The Labute approximate surface area is 104 Å². The SMILES string of the molecule is CC(=O)Nc1ccc(S(=O)(=O)NN)cc1.[Co]. The van der Waals surface area contributed by atoms with Gasteiger partial charge in [-0.25, -0.2) is 8.42 Å². The van der Waals surface area contributed by atoms with E-state index in [9.17, 15) is 13.2 Å². The molecule has 0 aliphatic heterocycles. The van der Waals surface area contributed by atoms with Crippen LogP contribution in [0.25, 0.3) is 0 Å².